The summed E-state index contributed by atoms with van der Waals surface area (Å²) >= 11 is 6.59. The molecule has 0 saturated carbocycles. The second kappa shape index (κ2) is 6.20. The monoisotopic (exact) mass is 437 g/mol. The van der Waals surface area contributed by atoms with Gasteiger partial charge < -0.3 is 5.73 Å². The normalized spacial score (nSPS) is 11.1. The van der Waals surface area contributed by atoms with Crippen molar-refractivity contribution < 1.29 is 12.8 Å². The topological polar surface area (TPSA) is 85.1 Å². The Morgan fingerprint density at radius 1 is 1.33 bits per heavy atom. The molecule has 0 fully saturated rings. The summed E-state index contributed by atoms with van der Waals surface area (Å²) in [6, 6.07) is 6.53. The van der Waals surface area contributed by atoms with Crippen LogP contribution in [0.5, 0.6) is 0 Å². The van der Waals surface area contributed by atoms with Crippen LogP contribution in [0.25, 0.3) is 0 Å². The van der Waals surface area contributed by atoms with Crippen LogP contribution in [0.1, 0.15) is 5.69 Å². The highest BCUT2D eigenvalue weighted by Crippen LogP contribution is 2.22. The standard InChI is InChI=1S/C12H9FIN3O2S2/c13-7-1-3-10(9(14)5-7)17-21(18,19)8-2-4-11(12(15)20)16-6-8/h1-6,17H,(H2,15,20). The fraction of sp³-hybridized carbons (Fsp3) is 0. The first-order chi connectivity index (χ1) is 9.79. The zero-order chi connectivity index (χ0) is 15.6. The Labute approximate surface area is 140 Å². The molecule has 2 aromatic rings. The van der Waals surface area contributed by atoms with Crippen LogP contribution >= 0.6 is 34.8 Å². The molecule has 0 spiro atoms. The van der Waals surface area contributed by atoms with E-state index in [0.717, 1.165) is 6.20 Å². The minimum absolute atomic E-state index is 0.0392. The fourth-order valence-corrected chi connectivity index (χ4v) is 3.40. The Morgan fingerprint density at radius 3 is 2.57 bits per heavy atom. The molecule has 0 bridgehead atoms. The maximum Gasteiger partial charge on any atom is 0.263 e. The third-order valence-corrected chi connectivity index (χ3v) is 4.93. The van der Waals surface area contributed by atoms with E-state index in [1.807, 2.05) is 22.6 Å². The molecule has 110 valence electrons. The molecule has 0 aliphatic heterocycles. The molecule has 9 heteroatoms. The van der Waals surface area contributed by atoms with E-state index in [1.165, 1.54) is 30.3 Å². The fourth-order valence-electron chi connectivity index (χ4n) is 1.46. The molecule has 1 heterocycles. The highest BCUT2D eigenvalue weighted by Gasteiger charge is 2.16. The Kier molecular flexibility index (Phi) is 4.74. The highest BCUT2D eigenvalue weighted by atomic mass is 127. The number of rotatable bonds is 4. The van der Waals surface area contributed by atoms with Gasteiger partial charge in [-0.2, -0.15) is 0 Å². The Hall–Kier alpha value is -1.33. The molecule has 3 N–H and O–H groups in total. The molecule has 0 radical (unpaired) electrons. The second-order valence-electron chi connectivity index (χ2n) is 3.97. The lowest BCUT2D eigenvalue weighted by molar-refractivity contribution is 0.600. The lowest BCUT2D eigenvalue weighted by Gasteiger charge is -2.10. The number of pyridine rings is 1. The number of aromatic nitrogens is 1. The third kappa shape index (κ3) is 3.86. The number of halogens is 2. The van der Waals surface area contributed by atoms with Crippen LogP contribution in [0.2, 0.25) is 0 Å². The average Bonchev–Trinajstić information content (AvgIpc) is 2.42. The average molecular weight is 437 g/mol. The summed E-state index contributed by atoms with van der Waals surface area (Å²) in [5, 5.41) is 0. The predicted octanol–water partition coefficient (Wildman–Crippen LogP) is 2.26. The molecule has 0 saturated heterocycles. The summed E-state index contributed by atoms with van der Waals surface area (Å²) in [6.07, 6.45) is 1.16. The van der Waals surface area contributed by atoms with E-state index in [2.05, 4.69) is 9.71 Å². The minimum atomic E-state index is -3.81. The van der Waals surface area contributed by atoms with Gasteiger partial charge in [-0.05, 0) is 52.9 Å². The number of hydrogen-bond donors (Lipinski definition) is 2. The molecular weight excluding hydrogens is 428 g/mol. The summed E-state index contributed by atoms with van der Waals surface area (Å²) in [6.45, 7) is 0. The van der Waals surface area contributed by atoms with Gasteiger partial charge in [0.1, 0.15) is 15.7 Å². The lowest BCUT2D eigenvalue weighted by atomic mass is 10.3. The van der Waals surface area contributed by atoms with Crippen LogP contribution in [0, 0.1) is 9.39 Å². The van der Waals surface area contributed by atoms with E-state index in [9.17, 15) is 12.8 Å². The largest absolute Gasteiger partial charge is 0.388 e. The number of sulfonamides is 1. The molecule has 0 unspecified atom stereocenters. The molecule has 0 aliphatic carbocycles. The van der Waals surface area contributed by atoms with Crippen molar-refractivity contribution in [1.82, 2.24) is 4.98 Å². The van der Waals surface area contributed by atoms with Crippen LogP contribution in [0.3, 0.4) is 0 Å². The zero-order valence-electron chi connectivity index (χ0n) is 10.4. The SMILES string of the molecule is NC(=S)c1ccc(S(=O)(=O)Nc2ccc(F)cc2I)cn1. The van der Waals surface area contributed by atoms with Crippen molar-refractivity contribution in [2.75, 3.05) is 4.72 Å². The summed E-state index contributed by atoms with van der Waals surface area (Å²) in [5.74, 6) is -0.440. The summed E-state index contributed by atoms with van der Waals surface area (Å²) in [5.41, 5.74) is 6.02. The lowest BCUT2D eigenvalue weighted by Crippen LogP contribution is -2.16. The molecule has 5 nitrogen and oxygen atoms in total. The first-order valence-corrected chi connectivity index (χ1v) is 8.50. The van der Waals surface area contributed by atoms with Crippen LogP contribution < -0.4 is 10.5 Å². The number of thiocarbonyl (C=S) groups is 1. The maximum atomic E-state index is 13.0. The van der Waals surface area contributed by atoms with Crippen molar-refractivity contribution in [3.63, 3.8) is 0 Å². The van der Waals surface area contributed by atoms with Crippen molar-refractivity contribution in [3.8, 4) is 0 Å². The van der Waals surface area contributed by atoms with Gasteiger partial charge in [0.2, 0.25) is 0 Å². The first kappa shape index (κ1) is 16.0. The molecule has 1 aromatic carbocycles. The predicted molar refractivity (Wildman–Crippen MR) is 90.0 cm³/mol. The van der Waals surface area contributed by atoms with Crippen LogP contribution in [0.4, 0.5) is 10.1 Å². The zero-order valence-corrected chi connectivity index (χ0v) is 14.2. The van der Waals surface area contributed by atoms with E-state index >= 15 is 0 Å². The number of nitrogens with zero attached hydrogens (tertiary/aromatic N) is 1. The van der Waals surface area contributed by atoms with Gasteiger partial charge in [-0.15, -0.1) is 0 Å². The number of anilines is 1. The molecule has 0 aliphatic rings. The van der Waals surface area contributed by atoms with Gasteiger partial charge >= 0.3 is 0 Å². The van der Waals surface area contributed by atoms with Crippen molar-refractivity contribution in [2.45, 2.75) is 4.90 Å². The smallest absolute Gasteiger partial charge is 0.263 e. The quantitative estimate of drug-likeness (QED) is 0.567. The van der Waals surface area contributed by atoms with Gasteiger partial charge in [0.25, 0.3) is 10.0 Å². The van der Waals surface area contributed by atoms with Gasteiger partial charge in [0.05, 0.1) is 11.4 Å². The summed E-state index contributed by atoms with van der Waals surface area (Å²) in [4.78, 5) is 3.92. The Balaban J connectivity index is 2.31. The van der Waals surface area contributed by atoms with Crippen LogP contribution in [-0.2, 0) is 10.0 Å². The summed E-state index contributed by atoms with van der Waals surface area (Å²) in [7, 11) is -3.81. The minimum Gasteiger partial charge on any atom is -0.388 e. The first-order valence-electron chi connectivity index (χ1n) is 5.53. The van der Waals surface area contributed by atoms with Gasteiger partial charge in [-0.1, -0.05) is 12.2 Å². The molecule has 0 amide bonds. The molecule has 21 heavy (non-hydrogen) atoms. The van der Waals surface area contributed by atoms with E-state index in [0.29, 0.717) is 9.26 Å². The van der Waals surface area contributed by atoms with E-state index in [-0.39, 0.29) is 15.6 Å². The van der Waals surface area contributed by atoms with Gasteiger partial charge in [0, 0.05) is 9.77 Å². The van der Waals surface area contributed by atoms with E-state index < -0.39 is 15.8 Å². The van der Waals surface area contributed by atoms with E-state index in [4.69, 9.17) is 18.0 Å². The van der Waals surface area contributed by atoms with Gasteiger partial charge in [-0.3, -0.25) is 9.71 Å². The van der Waals surface area contributed by atoms with Crippen molar-refractivity contribution in [3.05, 3.63) is 51.6 Å². The summed E-state index contributed by atoms with van der Waals surface area (Å²) < 4.78 is 40.2. The Morgan fingerprint density at radius 2 is 2.05 bits per heavy atom. The molecule has 2 rings (SSSR count). The van der Waals surface area contributed by atoms with Crippen molar-refractivity contribution in [2.24, 2.45) is 5.73 Å². The van der Waals surface area contributed by atoms with Gasteiger partial charge in [0.15, 0.2) is 0 Å². The molecule has 1 aromatic heterocycles. The second-order valence-corrected chi connectivity index (χ2v) is 7.26. The maximum absolute atomic E-state index is 13.0. The number of benzene rings is 1. The van der Waals surface area contributed by atoms with Crippen LogP contribution in [-0.4, -0.2) is 18.4 Å². The highest BCUT2D eigenvalue weighted by molar-refractivity contribution is 14.1. The van der Waals surface area contributed by atoms with Crippen molar-refractivity contribution >= 4 is 55.5 Å². The van der Waals surface area contributed by atoms with E-state index in [1.54, 1.807) is 0 Å². The molecular formula is C12H9FIN3O2S2. The Bertz CT molecular complexity index is 795. The number of nitrogens with one attached hydrogen (secondary N) is 1. The number of nitrogens with two attached hydrogens (primary N) is 1. The van der Waals surface area contributed by atoms with Crippen molar-refractivity contribution in [1.29, 1.82) is 0 Å². The van der Waals surface area contributed by atoms with Crippen LogP contribution in [0.15, 0.2) is 41.4 Å². The molecule has 0 atom stereocenters. The number of hydrogen-bond acceptors (Lipinski definition) is 4. The van der Waals surface area contributed by atoms with Gasteiger partial charge in [-0.25, -0.2) is 12.8 Å². The third-order valence-electron chi connectivity index (χ3n) is 2.47.